The summed E-state index contributed by atoms with van der Waals surface area (Å²) in [6.45, 7) is 4.69. The van der Waals surface area contributed by atoms with E-state index in [1.165, 1.54) is 6.20 Å². The molecule has 4 N–H and O–H groups in total. The second kappa shape index (κ2) is 5.26. The fourth-order valence-electron chi connectivity index (χ4n) is 2.78. The topological polar surface area (TPSA) is 88.0 Å². The molecule has 0 bridgehead atoms. The first-order valence-electron chi connectivity index (χ1n) is 6.72. The molecule has 0 aliphatic heterocycles. The van der Waals surface area contributed by atoms with Crippen LogP contribution in [0.4, 0.5) is 0 Å². The van der Waals surface area contributed by atoms with E-state index in [4.69, 9.17) is 5.73 Å². The van der Waals surface area contributed by atoms with E-state index >= 15 is 0 Å². The number of hydrogen-bond donors (Lipinski definition) is 3. The Bertz CT molecular complexity index is 534. The van der Waals surface area contributed by atoms with Crippen LogP contribution >= 0.6 is 0 Å². The molecule has 2 rings (SSSR count). The quantitative estimate of drug-likeness (QED) is 0.787. The summed E-state index contributed by atoms with van der Waals surface area (Å²) in [5.41, 5.74) is 6.42. The molecule has 5 nitrogen and oxygen atoms in total. The molecule has 1 aromatic heterocycles. The van der Waals surface area contributed by atoms with E-state index in [0.717, 1.165) is 31.4 Å². The highest BCUT2D eigenvalue weighted by molar-refractivity contribution is 7.89. The zero-order valence-electron chi connectivity index (χ0n) is 11.6. The molecule has 19 heavy (non-hydrogen) atoms. The molecule has 1 saturated carbocycles. The van der Waals surface area contributed by atoms with E-state index in [9.17, 15) is 8.42 Å². The minimum Gasteiger partial charge on any atom is -0.363 e. The molecule has 1 heterocycles. The van der Waals surface area contributed by atoms with Crippen LogP contribution in [0.3, 0.4) is 0 Å². The monoisotopic (exact) mass is 285 g/mol. The van der Waals surface area contributed by atoms with Crippen LogP contribution in [0, 0.1) is 5.41 Å². The summed E-state index contributed by atoms with van der Waals surface area (Å²) in [5.74, 6) is 0. The highest BCUT2D eigenvalue weighted by Gasteiger charge is 2.31. The number of aromatic nitrogens is 1. The SMILES string of the molecule is CC1(C)CCCC(NS(=O)(=O)c2c[nH]c(CN)c2)C1. The van der Waals surface area contributed by atoms with E-state index in [-0.39, 0.29) is 16.4 Å². The van der Waals surface area contributed by atoms with Gasteiger partial charge in [-0.2, -0.15) is 0 Å². The van der Waals surface area contributed by atoms with Crippen molar-refractivity contribution in [1.82, 2.24) is 9.71 Å². The van der Waals surface area contributed by atoms with Gasteiger partial charge in [-0.15, -0.1) is 0 Å². The van der Waals surface area contributed by atoms with Crippen molar-refractivity contribution in [1.29, 1.82) is 0 Å². The zero-order valence-corrected chi connectivity index (χ0v) is 12.4. The lowest BCUT2D eigenvalue weighted by molar-refractivity contribution is 0.212. The van der Waals surface area contributed by atoms with Gasteiger partial charge >= 0.3 is 0 Å². The van der Waals surface area contributed by atoms with Crippen molar-refractivity contribution in [3.8, 4) is 0 Å². The number of sulfonamides is 1. The molecule has 0 spiro atoms. The van der Waals surface area contributed by atoms with Crippen molar-refractivity contribution >= 4 is 10.0 Å². The third kappa shape index (κ3) is 3.58. The fraction of sp³-hybridized carbons (Fsp3) is 0.692. The Morgan fingerprint density at radius 3 is 2.84 bits per heavy atom. The van der Waals surface area contributed by atoms with Crippen molar-refractivity contribution in [2.24, 2.45) is 11.1 Å². The highest BCUT2D eigenvalue weighted by atomic mass is 32.2. The maximum absolute atomic E-state index is 12.3. The van der Waals surface area contributed by atoms with Crippen molar-refractivity contribution in [3.05, 3.63) is 18.0 Å². The number of nitrogens with one attached hydrogen (secondary N) is 2. The smallest absolute Gasteiger partial charge is 0.242 e. The first kappa shape index (κ1) is 14.6. The summed E-state index contributed by atoms with van der Waals surface area (Å²) in [6.07, 6.45) is 5.53. The second-order valence-corrected chi connectivity index (χ2v) is 7.86. The first-order valence-corrected chi connectivity index (χ1v) is 8.20. The van der Waals surface area contributed by atoms with E-state index in [2.05, 4.69) is 23.6 Å². The largest absolute Gasteiger partial charge is 0.363 e. The van der Waals surface area contributed by atoms with Crippen molar-refractivity contribution in [2.75, 3.05) is 0 Å². The summed E-state index contributed by atoms with van der Waals surface area (Å²) in [5, 5.41) is 0. The summed E-state index contributed by atoms with van der Waals surface area (Å²) in [4.78, 5) is 3.15. The van der Waals surface area contributed by atoms with Crippen molar-refractivity contribution < 1.29 is 8.42 Å². The Kier molecular flexibility index (Phi) is 4.03. The van der Waals surface area contributed by atoms with Crippen LogP contribution in [0.15, 0.2) is 17.2 Å². The predicted molar refractivity (Wildman–Crippen MR) is 75.0 cm³/mol. The summed E-state index contributed by atoms with van der Waals surface area (Å²) < 4.78 is 27.4. The lowest BCUT2D eigenvalue weighted by atomic mass is 9.75. The maximum Gasteiger partial charge on any atom is 0.242 e. The van der Waals surface area contributed by atoms with Gasteiger partial charge in [0, 0.05) is 24.5 Å². The third-order valence-electron chi connectivity index (χ3n) is 3.77. The van der Waals surface area contributed by atoms with Gasteiger partial charge in [0.05, 0.1) is 4.90 Å². The lowest BCUT2D eigenvalue weighted by Crippen LogP contribution is -2.40. The van der Waals surface area contributed by atoms with Crippen LogP contribution in [0.25, 0.3) is 0 Å². The maximum atomic E-state index is 12.3. The van der Waals surface area contributed by atoms with Gasteiger partial charge in [0.25, 0.3) is 0 Å². The van der Waals surface area contributed by atoms with Crippen LogP contribution < -0.4 is 10.5 Å². The highest BCUT2D eigenvalue weighted by Crippen LogP contribution is 2.35. The fourth-order valence-corrected chi connectivity index (χ4v) is 4.07. The average Bonchev–Trinajstić information content (AvgIpc) is 2.76. The van der Waals surface area contributed by atoms with Crippen molar-refractivity contribution in [2.45, 2.75) is 57.0 Å². The second-order valence-electron chi connectivity index (χ2n) is 6.14. The molecule has 1 aliphatic carbocycles. The normalized spacial score (nSPS) is 23.4. The van der Waals surface area contributed by atoms with Gasteiger partial charge in [-0.25, -0.2) is 13.1 Å². The third-order valence-corrected chi connectivity index (χ3v) is 5.27. The van der Waals surface area contributed by atoms with E-state index < -0.39 is 10.0 Å². The molecule has 1 aliphatic rings. The minimum atomic E-state index is -3.44. The molecule has 1 aromatic rings. The molecule has 0 radical (unpaired) electrons. The molecule has 0 amide bonds. The Hall–Kier alpha value is -0.850. The summed E-state index contributed by atoms with van der Waals surface area (Å²) in [7, 11) is -3.44. The predicted octanol–water partition coefficient (Wildman–Crippen LogP) is 1.72. The number of nitrogens with two attached hydrogens (primary N) is 1. The van der Waals surface area contributed by atoms with Crippen LogP contribution in [0.1, 0.15) is 45.2 Å². The Morgan fingerprint density at radius 2 is 2.26 bits per heavy atom. The number of aromatic amines is 1. The molecular formula is C13H23N3O2S. The Balaban J connectivity index is 2.09. The standard InChI is InChI=1S/C13H23N3O2S/c1-13(2)5-3-4-10(7-13)16-19(17,18)12-6-11(8-14)15-9-12/h6,9-10,15-16H,3-5,7-8,14H2,1-2H3. The molecule has 6 heteroatoms. The summed E-state index contributed by atoms with van der Waals surface area (Å²) in [6, 6.07) is 1.63. The van der Waals surface area contributed by atoms with Gasteiger partial charge in [0.2, 0.25) is 10.0 Å². The van der Waals surface area contributed by atoms with Crippen LogP contribution in [-0.2, 0) is 16.6 Å². The molecule has 0 aromatic carbocycles. The number of H-pyrrole nitrogens is 1. The van der Waals surface area contributed by atoms with Gasteiger partial charge in [-0.3, -0.25) is 0 Å². The number of rotatable bonds is 4. The van der Waals surface area contributed by atoms with Crippen LogP contribution in [0.5, 0.6) is 0 Å². The average molecular weight is 285 g/mol. The summed E-state index contributed by atoms with van der Waals surface area (Å²) >= 11 is 0. The van der Waals surface area contributed by atoms with Gasteiger partial charge < -0.3 is 10.7 Å². The van der Waals surface area contributed by atoms with E-state index in [1.807, 2.05) is 0 Å². The van der Waals surface area contributed by atoms with E-state index in [0.29, 0.717) is 6.54 Å². The van der Waals surface area contributed by atoms with Crippen LogP contribution in [0.2, 0.25) is 0 Å². The molecule has 1 fully saturated rings. The van der Waals surface area contributed by atoms with Crippen LogP contribution in [-0.4, -0.2) is 19.4 Å². The first-order chi connectivity index (χ1) is 8.82. The molecular weight excluding hydrogens is 262 g/mol. The molecule has 1 unspecified atom stereocenters. The lowest BCUT2D eigenvalue weighted by Gasteiger charge is -2.35. The molecule has 1 atom stereocenters. The van der Waals surface area contributed by atoms with Crippen molar-refractivity contribution in [3.63, 3.8) is 0 Å². The van der Waals surface area contributed by atoms with Gasteiger partial charge in [-0.1, -0.05) is 20.3 Å². The minimum absolute atomic E-state index is 0.0324. The Labute approximate surface area is 115 Å². The van der Waals surface area contributed by atoms with Gasteiger partial charge in [-0.05, 0) is 30.7 Å². The van der Waals surface area contributed by atoms with E-state index in [1.54, 1.807) is 6.07 Å². The number of hydrogen-bond acceptors (Lipinski definition) is 3. The molecule has 108 valence electrons. The zero-order chi connectivity index (χ0) is 14.1. The Morgan fingerprint density at radius 1 is 1.53 bits per heavy atom. The van der Waals surface area contributed by atoms with Gasteiger partial charge in [0.1, 0.15) is 0 Å². The van der Waals surface area contributed by atoms with Gasteiger partial charge in [0.15, 0.2) is 0 Å². The molecule has 0 saturated heterocycles.